The van der Waals surface area contributed by atoms with Gasteiger partial charge in [0, 0.05) is 38.0 Å². The van der Waals surface area contributed by atoms with E-state index in [0.717, 1.165) is 17.4 Å². The zero-order chi connectivity index (χ0) is 27.7. The van der Waals surface area contributed by atoms with Gasteiger partial charge in [-0.2, -0.15) is 0 Å². The maximum absolute atomic E-state index is 13.6. The number of benzene rings is 3. The Bertz CT molecular complexity index is 1330. The largest absolute Gasteiger partial charge is 0.357 e. The van der Waals surface area contributed by atoms with Crippen LogP contribution in [0, 0.1) is 6.92 Å². The van der Waals surface area contributed by atoms with Crippen molar-refractivity contribution in [1.82, 2.24) is 10.2 Å². The Morgan fingerprint density at radius 2 is 1.53 bits per heavy atom. The molecule has 1 atom stereocenters. The minimum Gasteiger partial charge on any atom is -0.357 e. The fourth-order valence-electron chi connectivity index (χ4n) is 4.35. The summed E-state index contributed by atoms with van der Waals surface area (Å²) >= 11 is 6.24. The number of carbonyl (C=O) groups excluding carboxylic acids is 2. The molecule has 38 heavy (non-hydrogen) atoms. The number of carbonyl (C=O) groups is 2. The third kappa shape index (κ3) is 7.82. The summed E-state index contributed by atoms with van der Waals surface area (Å²) in [4.78, 5) is 28.3. The number of nitrogens with one attached hydrogen (secondary N) is 1. The predicted molar refractivity (Wildman–Crippen MR) is 153 cm³/mol. The molecule has 202 valence electrons. The first-order chi connectivity index (χ1) is 18.1. The molecule has 0 saturated carbocycles. The van der Waals surface area contributed by atoms with Gasteiger partial charge in [-0.3, -0.25) is 13.9 Å². The third-order valence-electron chi connectivity index (χ3n) is 6.37. The highest BCUT2D eigenvalue weighted by atomic mass is 35.5. The molecule has 0 heterocycles. The molecule has 3 rings (SSSR count). The van der Waals surface area contributed by atoms with Crippen LogP contribution in [0.3, 0.4) is 0 Å². The van der Waals surface area contributed by atoms with Gasteiger partial charge in [0.25, 0.3) is 0 Å². The zero-order valence-corrected chi connectivity index (χ0v) is 23.5. The van der Waals surface area contributed by atoms with E-state index in [0.29, 0.717) is 22.7 Å². The SMILES string of the molecule is CNC(=O)[C@@H](Cc1ccccc1)N(Cc1ccccc1)C(=O)CCCN(c1cccc(Cl)c1C)S(C)(=O)=O. The molecule has 1 N–H and O–H groups in total. The van der Waals surface area contributed by atoms with E-state index < -0.39 is 16.1 Å². The van der Waals surface area contributed by atoms with Crippen molar-refractivity contribution in [2.24, 2.45) is 0 Å². The molecule has 3 aromatic rings. The number of rotatable bonds is 12. The minimum absolute atomic E-state index is 0.0702. The first-order valence-corrected chi connectivity index (χ1v) is 14.7. The summed E-state index contributed by atoms with van der Waals surface area (Å²) < 4.78 is 26.5. The van der Waals surface area contributed by atoms with Crippen molar-refractivity contribution in [2.75, 3.05) is 24.2 Å². The van der Waals surface area contributed by atoms with Crippen molar-refractivity contribution in [1.29, 1.82) is 0 Å². The average molecular weight is 556 g/mol. The topological polar surface area (TPSA) is 86.8 Å². The summed E-state index contributed by atoms with van der Waals surface area (Å²) in [6, 6.07) is 23.4. The number of halogens is 1. The number of likely N-dealkylation sites (N-methyl/N-ethyl adjacent to an activating group) is 1. The van der Waals surface area contributed by atoms with Crippen molar-refractivity contribution in [3.63, 3.8) is 0 Å². The molecule has 2 amide bonds. The minimum atomic E-state index is -3.61. The van der Waals surface area contributed by atoms with E-state index in [2.05, 4.69) is 5.32 Å². The second kappa shape index (κ2) is 13.4. The lowest BCUT2D eigenvalue weighted by atomic mass is 10.0. The summed E-state index contributed by atoms with van der Waals surface area (Å²) in [5.41, 5.74) is 2.97. The highest BCUT2D eigenvalue weighted by molar-refractivity contribution is 7.92. The van der Waals surface area contributed by atoms with E-state index in [4.69, 9.17) is 11.6 Å². The van der Waals surface area contributed by atoms with E-state index in [-0.39, 0.29) is 37.7 Å². The van der Waals surface area contributed by atoms with E-state index in [1.54, 1.807) is 37.1 Å². The molecule has 7 nitrogen and oxygen atoms in total. The molecule has 0 aliphatic rings. The molecular formula is C29H34ClN3O4S. The van der Waals surface area contributed by atoms with Crippen LogP contribution in [0.25, 0.3) is 0 Å². The fourth-order valence-corrected chi connectivity index (χ4v) is 5.53. The monoisotopic (exact) mass is 555 g/mol. The number of sulfonamides is 1. The molecule has 0 aliphatic heterocycles. The van der Waals surface area contributed by atoms with Gasteiger partial charge in [0.05, 0.1) is 11.9 Å². The van der Waals surface area contributed by atoms with Crippen molar-refractivity contribution < 1.29 is 18.0 Å². The summed E-state index contributed by atoms with van der Waals surface area (Å²) in [5.74, 6) is -0.486. The van der Waals surface area contributed by atoms with Gasteiger partial charge < -0.3 is 10.2 Å². The van der Waals surface area contributed by atoms with Crippen LogP contribution in [-0.2, 0) is 32.6 Å². The van der Waals surface area contributed by atoms with Gasteiger partial charge in [-0.05, 0) is 42.2 Å². The van der Waals surface area contributed by atoms with Gasteiger partial charge in [0.1, 0.15) is 6.04 Å². The maximum atomic E-state index is 13.6. The van der Waals surface area contributed by atoms with Crippen LogP contribution in [0.1, 0.15) is 29.5 Å². The van der Waals surface area contributed by atoms with Crippen molar-refractivity contribution in [3.05, 3.63) is 101 Å². The van der Waals surface area contributed by atoms with Crippen molar-refractivity contribution in [2.45, 2.75) is 38.8 Å². The number of amides is 2. The highest BCUT2D eigenvalue weighted by Crippen LogP contribution is 2.28. The number of nitrogens with zero attached hydrogens (tertiary/aromatic N) is 2. The Kier molecular flexibility index (Phi) is 10.3. The molecular weight excluding hydrogens is 522 g/mol. The molecule has 0 radical (unpaired) electrons. The summed E-state index contributed by atoms with van der Waals surface area (Å²) in [6.07, 6.45) is 1.84. The first kappa shape index (κ1) is 29.2. The first-order valence-electron chi connectivity index (χ1n) is 12.4. The molecule has 0 spiro atoms. The lowest BCUT2D eigenvalue weighted by Gasteiger charge is -2.31. The third-order valence-corrected chi connectivity index (χ3v) is 7.96. The van der Waals surface area contributed by atoms with Gasteiger partial charge in [0.2, 0.25) is 21.8 Å². The van der Waals surface area contributed by atoms with Gasteiger partial charge in [-0.25, -0.2) is 8.42 Å². The molecule has 0 saturated heterocycles. The van der Waals surface area contributed by atoms with E-state index in [9.17, 15) is 18.0 Å². The van der Waals surface area contributed by atoms with Crippen LogP contribution in [0.2, 0.25) is 5.02 Å². The molecule has 9 heteroatoms. The van der Waals surface area contributed by atoms with Crippen LogP contribution >= 0.6 is 11.6 Å². The zero-order valence-electron chi connectivity index (χ0n) is 21.9. The second-order valence-electron chi connectivity index (χ2n) is 9.15. The van der Waals surface area contributed by atoms with Crippen LogP contribution in [-0.4, -0.2) is 51.0 Å². The molecule has 0 unspecified atom stereocenters. The highest BCUT2D eigenvalue weighted by Gasteiger charge is 2.30. The van der Waals surface area contributed by atoms with Crippen molar-refractivity contribution in [3.8, 4) is 0 Å². The smallest absolute Gasteiger partial charge is 0.242 e. The lowest BCUT2D eigenvalue weighted by molar-refractivity contribution is -0.141. The quantitative estimate of drug-likeness (QED) is 0.354. The molecule has 0 aliphatic carbocycles. The lowest BCUT2D eigenvalue weighted by Crippen LogP contribution is -2.49. The maximum Gasteiger partial charge on any atom is 0.242 e. The second-order valence-corrected chi connectivity index (χ2v) is 11.5. The number of anilines is 1. The Balaban J connectivity index is 1.84. The molecule has 3 aromatic carbocycles. The van der Waals surface area contributed by atoms with Crippen LogP contribution in [0.4, 0.5) is 5.69 Å². The standard InChI is InChI=1S/C29H34ClN3O4S/c1-22-25(30)16-10-17-26(22)33(38(3,36)37)19-11-18-28(34)32(21-24-14-8-5-9-15-24)27(29(35)31-2)20-23-12-6-4-7-13-23/h4-10,12-17,27H,11,18-21H2,1-3H3,(H,31,35)/t27-/m1/s1. The van der Waals surface area contributed by atoms with Crippen LogP contribution in [0.15, 0.2) is 78.9 Å². The normalized spacial score (nSPS) is 12.0. The molecule has 0 aromatic heterocycles. The van der Waals surface area contributed by atoms with E-state index in [1.807, 2.05) is 60.7 Å². The predicted octanol–water partition coefficient (Wildman–Crippen LogP) is 4.58. The Morgan fingerprint density at radius 3 is 2.11 bits per heavy atom. The number of hydrogen-bond donors (Lipinski definition) is 1. The summed E-state index contributed by atoms with van der Waals surface area (Å²) in [6.45, 7) is 2.13. The van der Waals surface area contributed by atoms with Crippen molar-refractivity contribution >= 4 is 39.1 Å². The van der Waals surface area contributed by atoms with Gasteiger partial charge >= 0.3 is 0 Å². The fraction of sp³-hybridized carbons (Fsp3) is 0.310. The summed E-state index contributed by atoms with van der Waals surface area (Å²) in [7, 11) is -2.05. The Hall–Kier alpha value is -3.36. The van der Waals surface area contributed by atoms with Gasteiger partial charge in [0.15, 0.2) is 0 Å². The Labute approximate surface area is 230 Å². The van der Waals surface area contributed by atoms with Gasteiger partial charge in [-0.15, -0.1) is 0 Å². The average Bonchev–Trinajstić information content (AvgIpc) is 2.90. The number of hydrogen-bond acceptors (Lipinski definition) is 4. The van der Waals surface area contributed by atoms with Crippen LogP contribution in [0.5, 0.6) is 0 Å². The van der Waals surface area contributed by atoms with Crippen LogP contribution < -0.4 is 9.62 Å². The Morgan fingerprint density at radius 1 is 0.921 bits per heavy atom. The summed E-state index contributed by atoms with van der Waals surface area (Å²) in [5, 5.41) is 3.17. The van der Waals surface area contributed by atoms with E-state index in [1.165, 1.54) is 4.31 Å². The molecule has 0 bridgehead atoms. The van der Waals surface area contributed by atoms with E-state index >= 15 is 0 Å². The van der Waals surface area contributed by atoms with Gasteiger partial charge in [-0.1, -0.05) is 78.3 Å². The molecule has 0 fully saturated rings.